The van der Waals surface area contributed by atoms with Crippen LogP contribution in [0.3, 0.4) is 0 Å². The van der Waals surface area contributed by atoms with Gasteiger partial charge >= 0.3 is 6.03 Å². The number of rotatable bonds is 3. The average Bonchev–Trinajstić information content (AvgIpc) is 3.17. The van der Waals surface area contributed by atoms with Gasteiger partial charge in [0.1, 0.15) is 0 Å². The van der Waals surface area contributed by atoms with Crippen LogP contribution in [0, 0.1) is 6.92 Å². The second kappa shape index (κ2) is 7.31. The monoisotopic (exact) mass is 359 g/mol. The molecular formula is C23H25N3O. The van der Waals surface area contributed by atoms with Crippen LogP contribution < -0.4 is 5.32 Å². The van der Waals surface area contributed by atoms with Crippen molar-refractivity contribution in [2.75, 3.05) is 11.9 Å². The second-order valence-corrected chi connectivity index (χ2v) is 7.06. The van der Waals surface area contributed by atoms with Crippen LogP contribution in [0.15, 0.2) is 66.9 Å². The zero-order valence-corrected chi connectivity index (χ0v) is 15.9. The SMILES string of the molecule is CCc1ccc(NC(=O)N2CCn3cccc3[C@@H]2c2ccccc2C)cc1. The lowest BCUT2D eigenvalue weighted by atomic mass is 9.96. The number of nitrogens with zero attached hydrogens (tertiary/aromatic N) is 2. The molecule has 0 unspecified atom stereocenters. The fourth-order valence-corrected chi connectivity index (χ4v) is 3.84. The highest BCUT2D eigenvalue weighted by atomic mass is 16.2. The van der Waals surface area contributed by atoms with Gasteiger partial charge in [-0.05, 0) is 54.3 Å². The summed E-state index contributed by atoms with van der Waals surface area (Å²) in [4.78, 5) is 15.1. The first-order valence-electron chi connectivity index (χ1n) is 9.54. The van der Waals surface area contributed by atoms with Gasteiger partial charge in [-0.2, -0.15) is 0 Å². The zero-order valence-electron chi connectivity index (χ0n) is 15.9. The molecule has 2 heterocycles. The van der Waals surface area contributed by atoms with Gasteiger partial charge in [-0.1, -0.05) is 43.3 Å². The third-order valence-corrected chi connectivity index (χ3v) is 5.40. The quantitative estimate of drug-likeness (QED) is 0.702. The zero-order chi connectivity index (χ0) is 18.8. The van der Waals surface area contributed by atoms with Gasteiger partial charge in [0, 0.05) is 30.7 Å². The van der Waals surface area contributed by atoms with Crippen molar-refractivity contribution in [3.63, 3.8) is 0 Å². The molecule has 0 saturated carbocycles. The van der Waals surface area contributed by atoms with E-state index in [1.165, 1.54) is 16.7 Å². The molecule has 0 spiro atoms. The number of carbonyl (C=O) groups is 1. The van der Waals surface area contributed by atoms with Gasteiger partial charge in [0.25, 0.3) is 0 Å². The van der Waals surface area contributed by atoms with Crippen LogP contribution in [-0.2, 0) is 13.0 Å². The van der Waals surface area contributed by atoms with Crippen LogP contribution in [0.5, 0.6) is 0 Å². The van der Waals surface area contributed by atoms with Crippen molar-refractivity contribution in [3.8, 4) is 0 Å². The van der Waals surface area contributed by atoms with Crippen molar-refractivity contribution in [2.24, 2.45) is 0 Å². The molecule has 27 heavy (non-hydrogen) atoms. The molecule has 3 aromatic rings. The van der Waals surface area contributed by atoms with E-state index >= 15 is 0 Å². The third-order valence-electron chi connectivity index (χ3n) is 5.40. The van der Waals surface area contributed by atoms with Gasteiger partial charge in [0.15, 0.2) is 0 Å². The summed E-state index contributed by atoms with van der Waals surface area (Å²) < 4.78 is 2.25. The van der Waals surface area contributed by atoms with E-state index in [0.717, 1.165) is 24.3 Å². The topological polar surface area (TPSA) is 37.3 Å². The first-order valence-corrected chi connectivity index (χ1v) is 9.54. The Morgan fingerprint density at radius 1 is 1.04 bits per heavy atom. The summed E-state index contributed by atoms with van der Waals surface area (Å²) in [5.41, 5.74) is 5.63. The minimum absolute atomic E-state index is 0.0556. The molecule has 4 nitrogen and oxygen atoms in total. The number of hydrogen-bond donors (Lipinski definition) is 1. The van der Waals surface area contributed by atoms with Gasteiger partial charge in [-0.3, -0.25) is 0 Å². The lowest BCUT2D eigenvalue weighted by Gasteiger charge is -2.38. The highest BCUT2D eigenvalue weighted by molar-refractivity contribution is 5.90. The Morgan fingerprint density at radius 2 is 1.81 bits per heavy atom. The molecule has 0 fully saturated rings. The minimum Gasteiger partial charge on any atom is -0.348 e. The Balaban J connectivity index is 1.65. The first kappa shape index (κ1) is 17.4. The third kappa shape index (κ3) is 3.35. The van der Waals surface area contributed by atoms with Crippen molar-refractivity contribution < 1.29 is 4.79 Å². The number of amides is 2. The Kier molecular flexibility index (Phi) is 4.71. The van der Waals surface area contributed by atoms with E-state index in [1.54, 1.807) is 0 Å². The number of carbonyl (C=O) groups excluding carboxylic acids is 1. The van der Waals surface area contributed by atoms with Gasteiger partial charge in [-0.25, -0.2) is 4.79 Å². The van der Waals surface area contributed by atoms with E-state index in [9.17, 15) is 4.79 Å². The fraction of sp³-hybridized carbons (Fsp3) is 0.261. The van der Waals surface area contributed by atoms with Crippen molar-refractivity contribution in [3.05, 3.63) is 89.2 Å². The van der Waals surface area contributed by atoms with E-state index in [2.05, 4.69) is 66.3 Å². The summed E-state index contributed by atoms with van der Waals surface area (Å²) in [5.74, 6) is 0. The Labute approximate surface area is 160 Å². The van der Waals surface area contributed by atoms with E-state index in [4.69, 9.17) is 0 Å². The molecule has 4 rings (SSSR count). The molecule has 1 aliphatic heterocycles. The largest absolute Gasteiger partial charge is 0.348 e. The standard InChI is InChI=1S/C23H25N3O/c1-3-18-10-12-19(13-11-18)24-23(27)26-16-15-25-14-6-9-21(25)22(26)20-8-5-4-7-17(20)2/h4-14,22H,3,15-16H2,1-2H3,(H,24,27)/t22-/m0/s1. The van der Waals surface area contributed by atoms with Gasteiger partial charge < -0.3 is 14.8 Å². The van der Waals surface area contributed by atoms with Crippen LogP contribution in [0.1, 0.15) is 35.3 Å². The smallest absolute Gasteiger partial charge is 0.322 e. The van der Waals surface area contributed by atoms with Gasteiger partial charge in [-0.15, -0.1) is 0 Å². The van der Waals surface area contributed by atoms with Gasteiger partial charge in [0.05, 0.1) is 6.04 Å². The van der Waals surface area contributed by atoms with Crippen molar-refractivity contribution >= 4 is 11.7 Å². The maximum Gasteiger partial charge on any atom is 0.322 e. The Morgan fingerprint density at radius 3 is 2.56 bits per heavy atom. The summed E-state index contributed by atoms with van der Waals surface area (Å²) in [5, 5.41) is 3.08. The maximum atomic E-state index is 13.2. The maximum absolute atomic E-state index is 13.2. The number of aryl methyl sites for hydroxylation is 2. The molecule has 2 aromatic carbocycles. The molecule has 2 amide bonds. The number of hydrogen-bond acceptors (Lipinski definition) is 1. The highest BCUT2D eigenvalue weighted by Gasteiger charge is 2.32. The normalized spacial score (nSPS) is 16.1. The molecule has 0 aliphatic carbocycles. The number of anilines is 1. The Bertz CT molecular complexity index is 942. The molecule has 4 heteroatoms. The second-order valence-electron chi connectivity index (χ2n) is 7.06. The number of benzene rings is 2. The van der Waals surface area contributed by atoms with Crippen molar-refractivity contribution in [1.82, 2.24) is 9.47 Å². The number of fused-ring (bicyclic) bond motifs is 1. The highest BCUT2D eigenvalue weighted by Crippen LogP contribution is 2.34. The van der Waals surface area contributed by atoms with E-state index in [-0.39, 0.29) is 12.1 Å². The lowest BCUT2D eigenvalue weighted by Crippen LogP contribution is -2.44. The van der Waals surface area contributed by atoms with Crippen LogP contribution in [0.25, 0.3) is 0 Å². The summed E-state index contributed by atoms with van der Waals surface area (Å²) in [6.07, 6.45) is 3.09. The molecule has 0 bridgehead atoms. The molecule has 1 atom stereocenters. The number of urea groups is 1. The molecule has 1 N–H and O–H groups in total. The average molecular weight is 359 g/mol. The molecule has 1 aliphatic rings. The van der Waals surface area contributed by atoms with E-state index < -0.39 is 0 Å². The number of aromatic nitrogens is 1. The minimum atomic E-state index is -0.0788. The fourth-order valence-electron chi connectivity index (χ4n) is 3.84. The van der Waals surface area contributed by atoms with Crippen LogP contribution >= 0.6 is 0 Å². The molecule has 0 radical (unpaired) electrons. The van der Waals surface area contributed by atoms with Crippen LogP contribution in [0.4, 0.5) is 10.5 Å². The predicted octanol–water partition coefficient (Wildman–Crippen LogP) is 5.00. The summed E-state index contributed by atoms with van der Waals surface area (Å²) in [6.45, 7) is 5.73. The lowest BCUT2D eigenvalue weighted by molar-refractivity contribution is 0.181. The summed E-state index contributed by atoms with van der Waals surface area (Å²) in [6, 6.07) is 20.5. The predicted molar refractivity (Wildman–Crippen MR) is 109 cm³/mol. The molecule has 1 aromatic heterocycles. The number of nitrogens with one attached hydrogen (secondary N) is 1. The van der Waals surface area contributed by atoms with Gasteiger partial charge in [0.2, 0.25) is 0 Å². The summed E-state index contributed by atoms with van der Waals surface area (Å²) in [7, 11) is 0. The van der Waals surface area contributed by atoms with E-state index in [0.29, 0.717) is 6.54 Å². The molecular weight excluding hydrogens is 334 g/mol. The first-order chi connectivity index (χ1) is 13.2. The Hall–Kier alpha value is -3.01. The summed E-state index contributed by atoms with van der Waals surface area (Å²) >= 11 is 0. The van der Waals surface area contributed by atoms with Crippen molar-refractivity contribution in [1.29, 1.82) is 0 Å². The van der Waals surface area contributed by atoms with Crippen LogP contribution in [0.2, 0.25) is 0 Å². The van der Waals surface area contributed by atoms with Crippen LogP contribution in [-0.4, -0.2) is 22.0 Å². The van der Waals surface area contributed by atoms with Crippen molar-refractivity contribution in [2.45, 2.75) is 32.9 Å². The molecule has 138 valence electrons. The molecule has 0 saturated heterocycles. The van der Waals surface area contributed by atoms with E-state index in [1.807, 2.05) is 29.2 Å².